The first kappa shape index (κ1) is 24.6. The SMILES string of the molecule is CC(C)CCOc1ccc(-c2c(Cl)c(CCl)nc3sc4c(c23)CCN(Cc2ccccc2)C4)cc1. The van der Waals surface area contributed by atoms with Crippen molar-refractivity contribution in [2.75, 3.05) is 13.2 Å². The van der Waals surface area contributed by atoms with Crippen molar-refractivity contribution in [1.82, 2.24) is 9.88 Å². The summed E-state index contributed by atoms with van der Waals surface area (Å²) in [5, 5.41) is 1.85. The van der Waals surface area contributed by atoms with Gasteiger partial charge in [0.25, 0.3) is 0 Å². The topological polar surface area (TPSA) is 25.4 Å². The maximum absolute atomic E-state index is 6.93. The van der Waals surface area contributed by atoms with E-state index in [0.717, 1.165) is 66.5 Å². The van der Waals surface area contributed by atoms with Gasteiger partial charge in [0.05, 0.1) is 23.2 Å². The van der Waals surface area contributed by atoms with Crippen LogP contribution in [0, 0.1) is 5.92 Å². The van der Waals surface area contributed by atoms with Crippen molar-refractivity contribution in [3.8, 4) is 16.9 Å². The van der Waals surface area contributed by atoms with E-state index in [0.29, 0.717) is 16.8 Å². The molecule has 0 fully saturated rings. The number of hydrogen-bond donors (Lipinski definition) is 0. The van der Waals surface area contributed by atoms with Crippen LogP contribution in [0.2, 0.25) is 5.02 Å². The molecule has 6 heteroatoms. The summed E-state index contributed by atoms with van der Waals surface area (Å²) < 4.78 is 5.94. The van der Waals surface area contributed by atoms with Crippen molar-refractivity contribution >= 4 is 44.8 Å². The lowest BCUT2D eigenvalue weighted by molar-refractivity contribution is 0.249. The molecule has 35 heavy (non-hydrogen) atoms. The number of rotatable bonds is 8. The van der Waals surface area contributed by atoms with Gasteiger partial charge in [-0.2, -0.15) is 0 Å². The molecule has 0 radical (unpaired) electrons. The maximum Gasteiger partial charge on any atom is 0.124 e. The zero-order valence-electron chi connectivity index (χ0n) is 20.2. The highest BCUT2D eigenvalue weighted by Crippen LogP contribution is 2.44. The van der Waals surface area contributed by atoms with E-state index in [1.807, 2.05) is 12.1 Å². The summed E-state index contributed by atoms with van der Waals surface area (Å²) in [6.45, 7) is 8.05. The number of aromatic nitrogens is 1. The molecule has 5 rings (SSSR count). The van der Waals surface area contributed by atoms with Crippen LogP contribution in [0.5, 0.6) is 5.75 Å². The minimum Gasteiger partial charge on any atom is -0.494 e. The number of fused-ring (bicyclic) bond motifs is 3. The van der Waals surface area contributed by atoms with Crippen molar-refractivity contribution in [3.05, 3.63) is 81.3 Å². The van der Waals surface area contributed by atoms with Crippen LogP contribution in [0.1, 0.15) is 42.0 Å². The van der Waals surface area contributed by atoms with Crippen molar-refractivity contribution < 1.29 is 4.74 Å². The van der Waals surface area contributed by atoms with E-state index >= 15 is 0 Å². The molecule has 0 bridgehead atoms. The molecular weight excluding hydrogens is 495 g/mol. The van der Waals surface area contributed by atoms with Gasteiger partial charge in [0.2, 0.25) is 0 Å². The predicted molar refractivity (Wildman–Crippen MR) is 149 cm³/mol. The van der Waals surface area contributed by atoms with Crippen LogP contribution in [0.4, 0.5) is 0 Å². The first-order valence-electron chi connectivity index (χ1n) is 12.2. The maximum atomic E-state index is 6.93. The molecule has 0 unspecified atom stereocenters. The third-order valence-electron chi connectivity index (χ3n) is 6.56. The summed E-state index contributed by atoms with van der Waals surface area (Å²) in [6.07, 6.45) is 2.03. The molecule has 0 saturated carbocycles. The Kier molecular flexibility index (Phi) is 7.64. The standard InChI is InChI=1S/C29H30Cl2N2OS/c1-19(2)13-15-34-22-10-8-21(9-11-22)26-27-23-12-14-33(17-20-6-4-3-5-7-20)18-25(23)35-29(27)32-24(16-30)28(26)31/h3-11,19H,12-18H2,1-2H3. The van der Waals surface area contributed by atoms with E-state index in [4.69, 9.17) is 32.9 Å². The number of halogens is 2. The Hall–Kier alpha value is -2.11. The van der Waals surface area contributed by atoms with Crippen LogP contribution in [0.3, 0.4) is 0 Å². The molecule has 0 aliphatic carbocycles. The Morgan fingerprint density at radius 1 is 1.09 bits per heavy atom. The highest BCUT2D eigenvalue weighted by molar-refractivity contribution is 7.19. The molecule has 182 valence electrons. The van der Waals surface area contributed by atoms with Gasteiger partial charge in [-0.3, -0.25) is 4.90 Å². The van der Waals surface area contributed by atoms with E-state index in [2.05, 4.69) is 61.2 Å². The highest BCUT2D eigenvalue weighted by Gasteiger charge is 2.26. The van der Waals surface area contributed by atoms with Gasteiger partial charge in [0.15, 0.2) is 0 Å². The molecule has 0 N–H and O–H groups in total. The van der Waals surface area contributed by atoms with Gasteiger partial charge >= 0.3 is 0 Å². The normalized spacial score (nSPS) is 14.0. The van der Waals surface area contributed by atoms with E-state index < -0.39 is 0 Å². The highest BCUT2D eigenvalue weighted by atomic mass is 35.5. The van der Waals surface area contributed by atoms with Crippen LogP contribution < -0.4 is 4.74 Å². The third-order valence-corrected chi connectivity index (χ3v) is 8.33. The van der Waals surface area contributed by atoms with Crippen molar-refractivity contribution in [1.29, 1.82) is 0 Å². The number of nitrogens with zero attached hydrogens (tertiary/aromatic N) is 2. The van der Waals surface area contributed by atoms with Gasteiger partial charge in [-0.1, -0.05) is 67.9 Å². The Morgan fingerprint density at radius 3 is 2.57 bits per heavy atom. The smallest absolute Gasteiger partial charge is 0.124 e. The average molecular weight is 526 g/mol. The lowest BCUT2D eigenvalue weighted by Gasteiger charge is -2.27. The molecule has 0 spiro atoms. The van der Waals surface area contributed by atoms with Gasteiger partial charge in [0, 0.05) is 35.5 Å². The summed E-state index contributed by atoms with van der Waals surface area (Å²) in [7, 11) is 0. The number of ether oxygens (including phenoxy) is 1. The van der Waals surface area contributed by atoms with Crippen molar-refractivity contribution in [3.63, 3.8) is 0 Å². The lowest BCUT2D eigenvalue weighted by Crippen LogP contribution is -2.29. The first-order valence-corrected chi connectivity index (χ1v) is 13.9. The summed E-state index contributed by atoms with van der Waals surface area (Å²) in [5.41, 5.74) is 5.61. The fourth-order valence-electron chi connectivity index (χ4n) is 4.67. The molecule has 1 aliphatic heterocycles. The second-order valence-electron chi connectivity index (χ2n) is 9.57. The molecule has 3 heterocycles. The largest absolute Gasteiger partial charge is 0.494 e. The first-order chi connectivity index (χ1) is 17.0. The molecule has 1 aliphatic rings. The van der Waals surface area contributed by atoms with Gasteiger partial charge in [-0.05, 0) is 47.6 Å². The number of thiophene rings is 1. The fourth-order valence-corrected chi connectivity index (χ4v) is 6.54. The number of benzene rings is 2. The van der Waals surface area contributed by atoms with Crippen LogP contribution in [-0.2, 0) is 25.4 Å². The molecule has 4 aromatic rings. The van der Waals surface area contributed by atoms with Gasteiger partial charge in [0.1, 0.15) is 10.6 Å². The molecule has 2 aromatic carbocycles. The van der Waals surface area contributed by atoms with Crippen molar-refractivity contribution in [2.24, 2.45) is 5.92 Å². The van der Waals surface area contributed by atoms with Crippen LogP contribution in [0.25, 0.3) is 21.3 Å². The minimum absolute atomic E-state index is 0.293. The van der Waals surface area contributed by atoms with E-state index in [9.17, 15) is 0 Å². The Morgan fingerprint density at radius 2 is 1.86 bits per heavy atom. The molecular formula is C29H30Cl2N2OS. The number of pyridine rings is 1. The van der Waals surface area contributed by atoms with Gasteiger partial charge in [-0.15, -0.1) is 22.9 Å². The minimum atomic E-state index is 0.293. The molecule has 3 nitrogen and oxygen atoms in total. The lowest BCUT2D eigenvalue weighted by atomic mass is 9.96. The van der Waals surface area contributed by atoms with E-state index in [1.54, 1.807) is 11.3 Å². The predicted octanol–water partition coefficient (Wildman–Crippen LogP) is 8.34. The Bertz CT molecular complexity index is 1300. The zero-order chi connectivity index (χ0) is 24.4. The second kappa shape index (κ2) is 10.9. The molecule has 0 atom stereocenters. The van der Waals surface area contributed by atoms with E-state index in [-0.39, 0.29) is 0 Å². The summed E-state index contributed by atoms with van der Waals surface area (Å²) in [5.74, 6) is 1.80. The summed E-state index contributed by atoms with van der Waals surface area (Å²) in [6, 6.07) is 19.0. The van der Waals surface area contributed by atoms with Crippen LogP contribution in [0.15, 0.2) is 54.6 Å². The second-order valence-corrected chi connectivity index (χ2v) is 11.3. The molecule has 0 saturated heterocycles. The van der Waals surface area contributed by atoms with Gasteiger partial charge in [-0.25, -0.2) is 4.98 Å². The molecule has 2 aromatic heterocycles. The third kappa shape index (κ3) is 5.36. The summed E-state index contributed by atoms with van der Waals surface area (Å²) >= 11 is 15.0. The Labute approximate surface area is 221 Å². The fraction of sp³-hybridized carbons (Fsp3) is 0.345. The number of alkyl halides is 1. The monoisotopic (exact) mass is 524 g/mol. The quantitative estimate of drug-likeness (QED) is 0.216. The average Bonchev–Trinajstić information content (AvgIpc) is 3.22. The van der Waals surface area contributed by atoms with Crippen LogP contribution in [-0.4, -0.2) is 23.0 Å². The van der Waals surface area contributed by atoms with Crippen molar-refractivity contribution in [2.45, 2.75) is 45.7 Å². The van der Waals surface area contributed by atoms with Gasteiger partial charge < -0.3 is 4.74 Å². The van der Waals surface area contributed by atoms with E-state index in [1.165, 1.54) is 21.4 Å². The van der Waals surface area contributed by atoms with Crippen LogP contribution >= 0.6 is 34.5 Å². The Balaban J connectivity index is 1.48. The molecule has 0 amide bonds. The zero-order valence-corrected chi connectivity index (χ0v) is 22.5. The summed E-state index contributed by atoms with van der Waals surface area (Å²) in [4.78, 5) is 9.81. The number of hydrogen-bond acceptors (Lipinski definition) is 4.